The Bertz CT molecular complexity index is 488. The molecule has 0 bridgehead atoms. The number of benzene rings is 1. The lowest BCUT2D eigenvalue weighted by atomic mass is 9.57. The van der Waals surface area contributed by atoms with E-state index in [4.69, 9.17) is 5.73 Å². The lowest BCUT2D eigenvalue weighted by Gasteiger charge is -2.34. The minimum absolute atomic E-state index is 0.268. The number of rotatable bonds is 0. The minimum atomic E-state index is 0.268. The molecule has 0 saturated heterocycles. The smallest absolute Gasteiger partial charge is 0.314 e. The van der Waals surface area contributed by atoms with Gasteiger partial charge in [-0.05, 0) is 17.7 Å². The second kappa shape index (κ2) is 3.06. The molecule has 2 N–H and O–H groups in total. The molecule has 72 valence electrons. The maximum Gasteiger partial charge on any atom is 0.314 e. The van der Waals surface area contributed by atoms with Gasteiger partial charge in [0.15, 0.2) is 0 Å². The van der Waals surface area contributed by atoms with Crippen molar-refractivity contribution in [2.75, 3.05) is 4.81 Å². The van der Waals surface area contributed by atoms with E-state index in [1.807, 2.05) is 24.3 Å². The van der Waals surface area contributed by atoms with Gasteiger partial charge in [-0.25, -0.2) is 0 Å². The zero-order valence-electron chi connectivity index (χ0n) is 8.30. The van der Waals surface area contributed by atoms with Crippen LogP contribution in [0.25, 0.3) is 6.08 Å². The summed E-state index contributed by atoms with van der Waals surface area (Å²) in [6, 6.07) is 8.29. The topological polar surface area (TPSA) is 29.3 Å². The number of anilines is 1. The van der Waals surface area contributed by atoms with Crippen molar-refractivity contribution < 1.29 is 0 Å². The van der Waals surface area contributed by atoms with Gasteiger partial charge in [0.2, 0.25) is 0 Å². The van der Waals surface area contributed by atoms with E-state index in [2.05, 4.69) is 35.0 Å². The molecule has 3 rings (SSSR count). The van der Waals surface area contributed by atoms with Crippen molar-refractivity contribution in [1.82, 2.24) is 0 Å². The van der Waals surface area contributed by atoms with Crippen LogP contribution >= 0.6 is 0 Å². The third-order valence-electron chi connectivity index (χ3n) is 2.82. The SMILES string of the molecule is NC1=CC=CB2C=Cc3ccccc3N21. The van der Waals surface area contributed by atoms with Gasteiger partial charge >= 0.3 is 6.85 Å². The normalized spacial score (nSPS) is 17.2. The number of nitrogens with zero attached hydrogens (tertiary/aromatic N) is 1. The van der Waals surface area contributed by atoms with E-state index in [1.165, 1.54) is 11.3 Å². The molecule has 0 fully saturated rings. The monoisotopic (exact) mass is 194 g/mol. The maximum atomic E-state index is 6.01. The fourth-order valence-corrected chi connectivity index (χ4v) is 2.11. The predicted molar refractivity (Wildman–Crippen MR) is 65.1 cm³/mol. The molecule has 0 aromatic heterocycles. The highest BCUT2D eigenvalue weighted by Crippen LogP contribution is 2.30. The fraction of sp³-hybridized carbons (Fsp3) is 0. The summed E-state index contributed by atoms with van der Waals surface area (Å²) < 4.78 is 0. The van der Waals surface area contributed by atoms with E-state index in [0.717, 1.165) is 5.82 Å². The van der Waals surface area contributed by atoms with Crippen LogP contribution in [-0.4, -0.2) is 6.85 Å². The van der Waals surface area contributed by atoms with Crippen molar-refractivity contribution >= 4 is 18.6 Å². The molecule has 0 radical (unpaired) electrons. The van der Waals surface area contributed by atoms with Crippen LogP contribution in [0.15, 0.2) is 54.2 Å². The molecule has 0 aliphatic carbocycles. The molecule has 15 heavy (non-hydrogen) atoms. The van der Waals surface area contributed by atoms with E-state index < -0.39 is 0 Å². The summed E-state index contributed by atoms with van der Waals surface area (Å²) in [7, 11) is 0. The first-order valence-electron chi connectivity index (χ1n) is 5.07. The molecule has 2 aliphatic rings. The third kappa shape index (κ3) is 1.20. The van der Waals surface area contributed by atoms with Crippen molar-refractivity contribution in [2.45, 2.75) is 0 Å². The molecular formula is C12H11BN2. The van der Waals surface area contributed by atoms with Gasteiger partial charge in [-0.15, -0.1) is 0 Å². The Kier molecular flexibility index (Phi) is 1.71. The van der Waals surface area contributed by atoms with Crippen molar-refractivity contribution in [3.05, 3.63) is 59.8 Å². The van der Waals surface area contributed by atoms with E-state index in [1.54, 1.807) is 0 Å². The summed E-state index contributed by atoms with van der Waals surface area (Å²) in [5, 5.41) is 0. The number of hydrogen-bond acceptors (Lipinski definition) is 2. The number of para-hydroxylation sites is 1. The Hall–Kier alpha value is -1.90. The van der Waals surface area contributed by atoms with Crippen molar-refractivity contribution in [2.24, 2.45) is 5.73 Å². The zero-order valence-corrected chi connectivity index (χ0v) is 8.30. The molecular weight excluding hydrogens is 183 g/mol. The molecule has 1 aromatic carbocycles. The molecule has 0 unspecified atom stereocenters. The Labute approximate surface area is 89.5 Å². The van der Waals surface area contributed by atoms with Gasteiger partial charge in [0.1, 0.15) is 0 Å². The molecule has 1 aromatic rings. The van der Waals surface area contributed by atoms with Crippen LogP contribution in [0, 0.1) is 0 Å². The minimum Gasteiger partial charge on any atom is -0.386 e. The quantitative estimate of drug-likeness (QED) is 0.639. The maximum absolute atomic E-state index is 6.01. The van der Waals surface area contributed by atoms with Crippen LogP contribution in [0.3, 0.4) is 0 Å². The standard InChI is InChI=1S/C12H11BN2/c14-12-6-3-8-13-9-7-10-4-1-2-5-11(10)15(12)13/h1-9H,14H2. The lowest BCUT2D eigenvalue weighted by molar-refractivity contribution is 1.17. The first-order valence-corrected chi connectivity index (χ1v) is 5.07. The zero-order chi connectivity index (χ0) is 10.3. The van der Waals surface area contributed by atoms with Crippen LogP contribution in [0.5, 0.6) is 0 Å². The summed E-state index contributed by atoms with van der Waals surface area (Å²) in [5.74, 6) is 5.11. The van der Waals surface area contributed by atoms with Crippen molar-refractivity contribution in [1.29, 1.82) is 0 Å². The summed E-state index contributed by atoms with van der Waals surface area (Å²) in [6.45, 7) is 0.268. The van der Waals surface area contributed by atoms with E-state index >= 15 is 0 Å². The summed E-state index contributed by atoms with van der Waals surface area (Å²) in [5.41, 5.74) is 8.41. The molecule has 2 heterocycles. The predicted octanol–water partition coefficient (Wildman–Crippen LogP) is 1.96. The largest absolute Gasteiger partial charge is 0.386 e. The third-order valence-corrected chi connectivity index (χ3v) is 2.82. The van der Waals surface area contributed by atoms with E-state index in [0.29, 0.717) is 0 Å². The first-order chi connectivity index (χ1) is 7.36. The van der Waals surface area contributed by atoms with Gasteiger partial charge in [-0.2, -0.15) is 0 Å². The summed E-state index contributed by atoms with van der Waals surface area (Å²) in [6.07, 6.45) is 6.10. The Morgan fingerprint density at radius 1 is 1.13 bits per heavy atom. The van der Waals surface area contributed by atoms with E-state index in [9.17, 15) is 0 Å². The molecule has 2 aliphatic heterocycles. The van der Waals surface area contributed by atoms with Gasteiger partial charge < -0.3 is 10.5 Å². The van der Waals surface area contributed by atoms with Gasteiger partial charge in [0.05, 0.1) is 5.82 Å². The highest BCUT2D eigenvalue weighted by molar-refractivity contribution is 6.75. The van der Waals surface area contributed by atoms with Crippen LogP contribution in [0.4, 0.5) is 5.69 Å². The average molecular weight is 194 g/mol. The lowest BCUT2D eigenvalue weighted by Crippen LogP contribution is -2.42. The summed E-state index contributed by atoms with van der Waals surface area (Å²) >= 11 is 0. The fourth-order valence-electron chi connectivity index (χ4n) is 2.11. The van der Waals surface area contributed by atoms with Crippen molar-refractivity contribution in [3.63, 3.8) is 0 Å². The van der Waals surface area contributed by atoms with Gasteiger partial charge in [0, 0.05) is 5.69 Å². The van der Waals surface area contributed by atoms with Gasteiger partial charge in [-0.1, -0.05) is 42.3 Å². The van der Waals surface area contributed by atoms with Crippen LogP contribution in [0.1, 0.15) is 5.56 Å². The van der Waals surface area contributed by atoms with Crippen LogP contribution in [-0.2, 0) is 0 Å². The van der Waals surface area contributed by atoms with Gasteiger partial charge in [-0.3, -0.25) is 0 Å². The number of nitrogens with two attached hydrogens (primary N) is 1. The van der Waals surface area contributed by atoms with E-state index in [-0.39, 0.29) is 6.85 Å². The highest BCUT2D eigenvalue weighted by Gasteiger charge is 2.26. The second-order valence-corrected chi connectivity index (χ2v) is 3.75. The highest BCUT2D eigenvalue weighted by atomic mass is 15.2. The molecule has 0 saturated carbocycles. The molecule has 0 spiro atoms. The number of fused-ring (bicyclic) bond motifs is 3. The van der Waals surface area contributed by atoms with Crippen LogP contribution < -0.4 is 10.5 Å². The molecule has 2 nitrogen and oxygen atoms in total. The Morgan fingerprint density at radius 3 is 2.93 bits per heavy atom. The number of allylic oxidation sites excluding steroid dienone is 2. The molecule has 3 heteroatoms. The van der Waals surface area contributed by atoms with Crippen LogP contribution in [0.2, 0.25) is 0 Å². The first kappa shape index (κ1) is 8.42. The van der Waals surface area contributed by atoms with Gasteiger partial charge in [0.25, 0.3) is 0 Å². The Morgan fingerprint density at radius 2 is 2.00 bits per heavy atom. The second-order valence-electron chi connectivity index (χ2n) is 3.75. The number of hydrogen-bond donors (Lipinski definition) is 1. The van der Waals surface area contributed by atoms with Crippen molar-refractivity contribution in [3.8, 4) is 0 Å². The molecule has 0 atom stereocenters. The average Bonchev–Trinajstić information content (AvgIpc) is 2.29. The Balaban J connectivity index is 2.18. The summed E-state index contributed by atoms with van der Waals surface area (Å²) in [4.78, 5) is 2.15. The molecule has 0 amide bonds.